The van der Waals surface area contributed by atoms with Crippen molar-refractivity contribution in [3.05, 3.63) is 64.2 Å². The lowest BCUT2D eigenvalue weighted by Crippen LogP contribution is -2.05. The summed E-state index contributed by atoms with van der Waals surface area (Å²) >= 11 is 5.88. The third-order valence-electron chi connectivity index (χ3n) is 2.79. The molecule has 0 radical (unpaired) electrons. The molecule has 0 aromatic heterocycles. The lowest BCUT2D eigenvalue weighted by atomic mass is 10.0. The summed E-state index contributed by atoms with van der Waals surface area (Å²) in [5, 5.41) is 0.407. The van der Waals surface area contributed by atoms with E-state index < -0.39 is 11.7 Å². The lowest BCUT2D eigenvalue weighted by Gasteiger charge is -2.10. The largest absolute Gasteiger partial charge is 0.416 e. The molecule has 100 valence electrons. The first kappa shape index (κ1) is 13.7. The van der Waals surface area contributed by atoms with Crippen molar-refractivity contribution in [2.75, 3.05) is 5.73 Å². The third-order valence-corrected chi connectivity index (χ3v) is 3.12. The van der Waals surface area contributed by atoms with Gasteiger partial charge in [-0.15, -0.1) is 0 Å². The van der Waals surface area contributed by atoms with Crippen molar-refractivity contribution in [1.29, 1.82) is 0 Å². The van der Waals surface area contributed by atoms with E-state index in [0.717, 1.165) is 12.1 Å². The maximum atomic E-state index is 12.6. The van der Waals surface area contributed by atoms with Crippen LogP contribution in [-0.4, -0.2) is 0 Å². The van der Waals surface area contributed by atoms with Gasteiger partial charge in [-0.05, 0) is 29.7 Å². The molecule has 2 N–H and O–H groups in total. The third kappa shape index (κ3) is 3.20. The van der Waals surface area contributed by atoms with Crippen LogP contribution in [0.3, 0.4) is 0 Å². The summed E-state index contributed by atoms with van der Waals surface area (Å²) in [4.78, 5) is 0. The molecule has 5 heteroatoms. The number of halogens is 4. The summed E-state index contributed by atoms with van der Waals surface area (Å²) in [6.07, 6.45) is -4.02. The first-order chi connectivity index (χ1) is 8.88. The molecule has 0 bridgehead atoms. The number of anilines is 1. The molecular formula is C14H11ClF3N. The number of nitrogens with two attached hydrogens (primary N) is 1. The van der Waals surface area contributed by atoms with E-state index in [2.05, 4.69) is 0 Å². The highest BCUT2D eigenvalue weighted by atomic mass is 35.5. The molecular weight excluding hydrogens is 275 g/mol. The normalized spacial score (nSPS) is 11.6. The quantitative estimate of drug-likeness (QED) is 0.806. The van der Waals surface area contributed by atoms with Crippen LogP contribution in [0.25, 0.3) is 0 Å². The van der Waals surface area contributed by atoms with E-state index in [1.165, 1.54) is 6.07 Å². The fraction of sp³-hybridized carbons (Fsp3) is 0.143. The molecule has 19 heavy (non-hydrogen) atoms. The van der Waals surface area contributed by atoms with E-state index in [9.17, 15) is 13.2 Å². The maximum absolute atomic E-state index is 12.6. The van der Waals surface area contributed by atoms with Crippen LogP contribution in [-0.2, 0) is 12.6 Å². The molecule has 0 amide bonds. The second-order valence-corrected chi connectivity index (χ2v) is 4.59. The van der Waals surface area contributed by atoms with Crippen LogP contribution >= 0.6 is 11.6 Å². The lowest BCUT2D eigenvalue weighted by molar-refractivity contribution is -0.137. The van der Waals surface area contributed by atoms with Crippen LogP contribution in [0, 0.1) is 0 Å². The molecule has 0 atom stereocenters. The van der Waals surface area contributed by atoms with Gasteiger partial charge in [0.15, 0.2) is 0 Å². The fourth-order valence-corrected chi connectivity index (χ4v) is 2.01. The molecule has 0 spiro atoms. The van der Waals surface area contributed by atoms with E-state index >= 15 is 0 Å². The summed E-state index contributed by atoms with van der Waals surface area (Å²) in [5.41, 5.74) is 6.80. The van der Waals surface area contributed by atoms with Crippen molar-refractivity contribution in [2.45, 2.75) is 12.6 Å². The Bertz CT molecular complexity index is 593. The van der Waals surface area contributed by atoms with Gasteiger partial charge >= 0.3 is 6.18 Å². The number of hydrogen-bond acceptors (Lipinski definition) is 1. The van der Waals surface area contributed by atoms with Crippen LogP contribution < -0.4 is 5.73 Å². The van der Waals surface area contributed by atoms with Gasteiger partial charge < -0.3 is 5.73 Å². The molecule has 2 aromatic carbocycles. The molecule has 2 rings (SSSR count). The fourth-order valence-electron chi connectivity index (χ4n) is 1.81. The van der Waals surface area contributed by atoms with Crippen LogP contribution in [0.15, 0.2) is 42.5 Å². The summed E-state index contributed by atoms with van der Waals surface area (Å²) in [5.74, 6) is 0. The predicted molar refractivity (Wildman–Crippen MR) is 70.1 cm³/mol. The highest BCUT2D eigenvalue weighted by molar-refractivity contribution is 6.33. The SMILES string of the molecule is Nc1c(Cl)cccc1Cc1cccc(C(F)(F)F)c1. The van der Waals surface area contributed by atoms with Crippen molar-refractivity contribution in [3.8, 4) is 0 Å². The topological polar surface area (TPSA) is 26.0 Å². The Morgan fingerprint density at radius 3 is 2.42 bits per heavy atom. The standard InChI is InChI=1S/C14H11ClF3N/c15-12-6-2-4-10(13(12)19)7-9-3-1-5-11(8-9)14(16,17)18/h1-6,8H,7,19H2. The van der Waals surface area contributed by atoms with E-state index in [4.69, 9.17) is 17.3 Å². The molecule has 2 aromatic rings. The number of benzene rings is 2. The van der Waals surface area contributed by atoms with Crippen LogP contribution in [0.4, 0.5) is 18.9 Å². The molecule has 0 aliphatic rings. The van der Waals surface area contributed by atoms with E-state index in [-0.39, 0.29) is 0 Å². The van der Waals surface area contributed by atoms with Crippen molar-refractivity contribution < 1.29 is 13.2 Å². The minimum atomic E-state index is -4.34. The van der Waals surface area contributed by atoms with Crippen molar-refractivity contribution in [3.63, 3.8) is 0 Å². The first-order valence-corrected chi connectivity index (χ1v) is 5.95. The average molecular weight is 286 g/mol. The van der Waals surface area contributed by atoms with Gasteiger partial charge in [0.2, 0.25) is 0 Å². The van der Waals surface area contributed by atoms with Gasteiger partial charge in [-0.25, -0.2) is 0 Å². The van der Waals surface area contributed by atoms with Gasteiger partial charge in [0.25, 0.3) is 0 Å². The van der Waals surface area contributed by atoms with Gasteiger partial charge in [0.1, 0.15) is 0 Å². The van der Waals surface area contributed by atoms with E-state index in [1.807, 2.05) is 0 Å². The first-order valence-electron chi connectivity index (χ1n) is 5.57. The van der Waals surface area contributed by atoms with Crippen LogP contribution in [0.2, 0.25) is 5.02 Å². The second kappa shape index (κ2) is 5.13. The van der Waals surface area contributed by atoms with Crippen LogP contribution in [0.1, 0.15) is 16.7 Å². The minimum Gasteiger partial charge on any atom is -0.397 e. The van der Waals surface area contributed by atoms with Gasteiger partial charge in [0, 0.05) is 0 Å². The zero-order valence-electron chi connectivity index (χ0n) is 9.84. The minimum absolute atomic E-state index is 0.316. The Balaban J connectivity index is 2.31. The molecule has 0 heterocycles. The smallest absolute Gasteiger partial charge is 0.397 e. The van der Waals surface area contributed by atoms with Crippen molar-refractivity contribution in [2.24, 2.45) is 0 Å². The van der Waals surface area contributed by atoms with E-state index in [1.54, 1.807) is 24.3 Å². The number of para-hydroxylation sites is 1. The zero-order valence-corrected chi connectivity index (χ0v) is 10.6. The van der Waals surface area contributed by atoms with Gasteiger partial charge in [0.05, 0.1) is 16.3 Å². The second-order valence-electron chi connectivity index (χ2n) is 4.19. The molecule has 0 saturated heterocycles. The van der Waals surface area contributed by atoms with Crippen molar-refractivity contribution >= 4 is 17.3 Å². The molecule has 0 unspecified atom stereocenters. The summed E-state index contributed by atoms with van der Waals surface area (Å²) in [6.45, 7) is 0. The van der Waals surface area contributed by atoms with Gasteiger partial charge in [-0.3, -0.25) is 0 Å². The Morgan fingerprint density at radius 1 is 1.05 bits per heavy atom. The molecule has 0 fully saturated rings. The predicted octanol–water partition coefficient (Wildman–Crippen LogP) is 4.53. The zero-order chi connectivity index (χ0) is 14.0. The monoisotopic (exact) mass is 285 g/mol. The number of alkyl halides is 3. The highest BCUT2D eigenvalue weighted by Crippen LogP contribution is 2.31. The Labute approximate surface area is 113 Å². The van der Waals surface area contributed by atoms with Gasteiger partial charge in [-0.2, -0.15) is 13.2 Å². The molecule has 0 aliphatic heterocycles. The van der Waals surface area contributed by atoms with E-state index in [0.29, 0.717) is 28.3 Å². The molecule has 1 nitrogen and oxygen atoms in total. The molecule has 0 aliphatic carbocycles. The number of nitrogen functional groups attached to an aromatic ring is 1. The van der Waals surface area contributed by atoms with Crippen LogP contribution in [0.5, 0.6) is 0 Å². The Kier molecular flexibility index (Phi) is 3.71. The van der Waals surface area contributed by atoms with Gasteiger partial charge in [-0.1, -0.05) is 41.9 Å². The summed E-state index contributed by atoms with van der Waals surface area (Å²) < 4.78 is 37.8. The highest BCUT2D eigenvalue weighted by Gasteiger charge is 2.30. The molecule has 0 saturated carbocycles. The summed E-state index contributed by atoms with van der Waals surface area (Å²) in [7, 11) is 0. The summed E-state index contributed by atoms with van der Waals surface area (Å²) in [6, 6.07) is 10.3. The maximum Gasteiger partial charge on any atom is 0.416 e. The average Bonchev–Trinajstić information content (AvgIpc) is 2.34. The number of rotatable bonds is 2. The Morgan fingerprint density at radius 2 is 1.74 bits per heavy atom. The van der Waals surface area contributed by atoms with Crippen molar-refractivity contribution in [1.82, 2.24) is 0 Å². The Hall–Kier alpha value is -1.68. The number of hydrogen-bond donors (Lipinski definition) is 1.